The molecule has 31 heavy (non-hydrogen) atoms. The van der Waals surface area contributed by atoms with Gasteiger partial charge >= 0.3 is 0 Å². The third-order valence-electron chi connectivity index (χ3n) is 5.79. The molecule has 0 spiro atoms. The van der Waals surface area contributed by atoms with Crippen LogP contribution in [0.25, 0.3) is 11.0 Å². The van der Waals surface area contributed by atoms with E-state index in [-0.39, 0.29) is 24.3 Å². The molecule has 0 bridgehead atoms. The van der Waals surface area contributed by atoms with E-state index >= 15 is 4.39 Å². The summed E-state index contributed by atoms with van der Waals surface area (Å²) in [5, 5.41) is 0.628. The van der Waals surface area contributed by atoms with Gasteiger partial charge in [-0.05, 0) is 61.4 Å². The Morgan fingerprint density at radius 2 is 2.19 bits per heavy atom. The van der Waals surface area contributed by atoms with Crippen LogP contribution in [-0.2, 0) is 17.7 Å². The van der Waals surface area contributed by atoms with Gasteiger partial charge in [0.05, 0.1) is 18.5 Å². The van der Waals surface area contributed by atoms with E-state index < -0.39 is 5.82 Å². The van der Waals surface area contributed by atoms with Gasteiger partial charge in [0.2, 0.25) is 0 Å². The molecule has 162 valence electrons. The Morgan fingerprint density at radius 3 is 2.90 bits per heavy atom. The Kier molecular flexibility index (Phi) is 6.54. The molecule has 6 heteroatoms. The molecule has 1 aromatic heterocycles. The largest absolute Gasteiger partial charge is 0.373 e. The van der Waals surface area contributed by atoms with Crippen molar-refractivity contribution in [2.45, 2.75) is 39.2 Å². The molecule has 4 nitrogen and oxygen atoms in total. The lowest BCUT2D eigenvalue weighted by Gasteiger charge is -2.14. The zero-order valence-electron chi connectivity index (χ0n) is 17.7. The van der Waals surface area contributed by atoms with E-state index in [4.69, 9.17) is 16.3 Å². The number of halogens is 2. The number of aryl methyl sites for hydroxylation is 2. The van der Waals surface area contributed by atoms with E-state index in [0.717, 1.165) is 30.4 Å². The van der Waals surface area contributed by atoms with Crippen LogP contribution < -0.4 is 0 Å². The highest BCUT2D eigenvalue weighted by molar-refractivity contribution is 6.30. The number of ether oxygens (including phenoxy) is 1. The van der Waals surface area contributed by atoms with Crippen molar-refractivity contribution in [2.75, 3.05) is 13.2 Å². The molecule has 2 aromatic carbocycles. The number of hydrogen-bond acceptors (Lipinski definition) is 3. The number of allylic oxidation sites excluding steroid dienone is 1. The quantitative estimate of drug-likeness (QED) is 0.290. The topological polar surface area (TPSA) is 44.1 Å². The number of carbonyl (C=O) groups is 1. The summed E-state index contributed by atoms with van der Waals surface area (Å²) in [4.78, 5) is 17.4. The van der Waals surface area contributed by atoms with Crippen LogP contribution in [-0.4, -0.2) is 28.5 Å². The van der Waals surface area contributed by atoms with Gasteiger partial charge in [-0.1, -0.05) is 23.7 Å². The van der Waals surface area contributed by atoms with E-state index in [9.17, 15) is 4.79 Å². The second kappa shape index (κ2) is 9.33. The number of nitrogens with zero attached hydrogens (tertiary/aromatic N) is 2. The average molecular weight is 441 g/mol. The summed E-state index contributed by atoms with van der Waals surface area (Å²) in [6.07, 6.45) is 6.74. The second-order valence-electron chi connectivity index (χ2n) is 8.23. The second-order valence-corrected chi connectivity index (χ2v) is 8.67. The van der Waals surface area contributed by atoms with Crippen LogP contribution in [0.4, 0.5) is 4.39 Å². The standard InChI is InChI=1S/C25H26ClFN2O2/c1-3-4-9-29-15-28-25-22(29)12-20(23(30)14-31-13-17-5-6-17)21(24(25)27)11-18-7-8-19(26)10-16(18)2/h3,7-8,10,12,15,17H,1,4-6,9,11,13-14H2,2H3. The summed E-state index contributed by atoms with van der Waals surface area (Å²) < 4.78 is 23.1. The van der Waals surface area contributed by atoms with Crippen LogP contribution in [0, 0.1) is 18.7 Å². The van der Waals surface area contributed by atoms with Crippen LogP contribution in [0.5, 0.6) is 0 Å². The molecule has 1 heterocycles. The minimum Gasteiger partial charge on any atom is -0.373 e. The summed E-state index contributed by atoms with van der Waals surface area (Å²) in [6, 6.07) is 7.27. The van der Waals surface area contributed by atoms with E-state index in [0.29, 0.717) is 40.7 Å². The van der Waals surface area contributed by atoms with Crippen LogP contribution in [0.3, 0.4) is 0 Å². The number of imidazole rings is 1. The molecular weight excluding hydrogens is 415 g/mol. The van der Waals surface area contributed by atoms with E-state index in [1.807, 2.05) is 23.6 Å². The minimum atomic E-state index is -0.449. The Labute approximate surface area is 186 Å². The molecular formula is C25H26ClFN2O2. The first-order valence-corrected chi connectivity index (χ1v) is 11.0. The summed E-state index contributed by atoms with van der Waals surface area (Å²) in [6.45, 7) is 6.84. The van der Waals surface area contributed by atoms with Crippen molar-refractivity contribution in [1.29, 1.82) is 0 Å². The smallest absolute Gasteiger partial charge is 0.188 e. The number of rotatable bonds is 10. The minimum absolute atomic E-state index is 0.0468. The highest BCUT2D eigenvalue weighted by atomic mass is 35.5. The molecule has 0 unspecified atom stereocenters. The van der Waals surface area contributed by atoms with Crippen LogP contribution >= 0.6 is 11.6 Å². The van der Waals surface area contributed by atoms with Crippen LogP contribution in [0.1, 0.15) is 46.3 Å². The molecule has 0 N–H and O–H groups in total. The maximum Gasteiger partial charge on any atom is 0.188 e. The predicted octanol–water partition coefficient (Wildman–Crippen LogP) is 5.91. The third kappa shape index (κ3) is 4.89. The van der Waals surface area contributed by atoms with Gasteiger partial charge in [-0.2, -0.15) is 0 Å². The lowest BCUT2D eigenvalue weighted by molar-refractivity contribution is 0.0738. The maximum absolute atomic E-state index is 15.7. The first-order chi connectivity index (χ1) is 15.0. The average Bonchev–Trinajstić information content (AvgIpc) is 3.48. The Hall–Kier alpha value is -2.50. The first-order valence-electron chi connectivity index (χ1n) is 10.6. The Balaban J connectivity index is 1.74. The van der Waals surface area contributed by atoms with Crippen LogP contribution in [0.2, 0.25) is 5.02 Å². The Morgan fingerprint density at radius 1 is 1.39 bits per heavy atom. The van der Waals surface area contributed by atoms with Gasteiger partial charge in [0.15, 0.2) is 11.6 Å². The molecule has 0 saturated heterocycles. The van der Waals surface area contributed by atoms with Crippen molar-refractivity contribution in [3.05, 3.63) is 76.3 Å². The molecule has 1 aliphatic rings. The van der Waals surface area contributed by atoms with E-state index in [2.05, 4.69) is 11.6 Å². The lowest BCUT2D eigenvalue weighted by Crippen LogP contribution is -2.15. The highest BCUT2D eigenvalue weighted by Gasteiger charge is 2.24. The maximum atomic E-state index is 15.7. The molecule has 0 amide bonds. The number of benzene rings is 2. The fraction of sp³-hybridized carbons (Fsp3) is 0.360. The first kappa shape index (κ1) is 21.7. The fourth-order valence-corrected chi connectivity index (χ4v) is 3.98. The number of hydrogen-bond donors (Lipinski definition) is 0. The number of Topliss-reactive ketones (excluding diaryl/α,β-unsaturated/α-hetero) is 1. The van der Waals surface area contributed by atoms with E-state index in [1.165, 1.54) is 0 Å². The van der Waals surface area contributed by atoms with Gasteiger partial charge in [-0.25, -0.2) is 9.37 Å². The molecule has 3 aromatic rings. The van der Waals surface area contributed by atoms with Crippen molar-refractivity contribution >= 4 is 28.4 Å². The summed E-state index contributed by atoms with van der Waals surface area (Å²) in [7, 11) is 0. The van der Waals surface area contributed by atoms with Crippen molar-refractivity contribution in [2.24, 2.45) is 5.92 Å². The number of fused-ring (bicyclic) bond motifs is 1. The fourth-order valence-electron chi connectivity index (χ4n) is 3.76. The molecule has 0 aliphatic heterocycles. The summed E-state index contributed by atoms with van der Waals surface area (Å²) in [5.74, 6) is -0.0992. The number of aromatic nitrogens is 2. The van der Waals surface area contributed by atoms with E-state index in [1.54, 1.807) is 24.5 Å². The molecule has 4 rings (SSSR count). The van der Waals surface area contributed by atoms with Crippen molar-refractivity contribution in [3.8, 4) is 0 Å². The normalized spacial score (nSPS) is 13.6. The monoisotopic (exact) mass is 440 g/mol. The number of carbonyl (C=O) groups excluding carboxylic acids is 1. The van der Waals surface area contributed by atoms with Gasteiger partial charge < -0.3 is 9.30 Å². The zero-order valence-corrected chi connectivity index (χ0v) is 18.4. The van der Waals surface area contributed by atoms with Crippen molar-refractivity contribution < 1.29 is 13.9 Å². The number of ketones is 1. The SMILES string of the molecule is C=CCCn1cnc2c(F)c(Cc3ccc(Cl)cc3C)c(C(=O)COCC3CC3)cc21. The zero-order chi connectivity index (χ0) is 22.0. The van der Waals surface area contributed by atoms with Gasteiger partial charge in [0.25, 0.3) is 0 Å². The predicted molar refractivity (Wildman–Crippen MR) is 121 cm³/mol. The molecule has 0 atom stereocenters. The summed E-state index contributed by atoms with van der Waals surface area (Å²) in [5.41, 5.74) is 3.47. The van der Waals surface area contributed by atoms with Gasteiger partial charge in [0.1, 0.15) is 12.1 Å². The molecule has 1 saturated carbocycles. The van der Waals surface area contributed by atoms with Gasteiger partial charge in [-0.3, -0.25) is 4.79 Å². The summed E-state index contributed by atoms with van der Waals surface area (Å²) >= 11 is 6.08. The van der Waals surface area contributed by atoms with Crippen molar-refractivity contribution in [1.82, 2.24) is 9.55 Å². The van der Waals surface area contributed by atoms with Crippen LogP contribution in [0.15, 0.2) is 43.2 Å². The van der Waals surface area contributed by atoms with Gasteiger partial charge in [-0.15, -0.1) is 6.58 Å². The van der Waals surface area contributed by atoms with Crippen molar-refractivity contribution in [3.63, 3.8) is 0 Å². The third-order valence-corrected chi connectivity index (χ3v) is 6.02. The molecule has 0 radical (unpaired) electrons. The molecule has 1 aliphatic carbocycles. The molecule has 1 fully saturated rings. The lowest BCUT2D eigenvalue weighted by atomic mass is 9.94. The van der Waals surface area contributed by atoms with Gasteiger partial charge in [0, 0.05) is 29.1 Å². The Bertz CT molecular complexity index is 1130. The highest BCUT2D eigenvalue weighted by Crippen LogP contribution is 2.30.